The first-order valence-electron chi connectivity index (χ1n) is 4.78. The largest absolute Gasteiger partial charge is 0.249 e. The summed E-state index contributed by atoms with van der Waals surface area (Å²) in [6.45, 7) is 0.337. The van der Waals surface area contributed by atoms with Gasteiger partial charge in [-0.25, -0.2) is 9.13 Å². The van der Waals surface area contributed by atoms with Crippen LogP contribution < -0.4 is 4.57 Å². The number of rotatable bonds is 2. The van der Waals surface area contributed by atoms with Gasteiger partial charge in [-0.15, -0.1) is 0 Å². The molecule has 0 aliphatic rings. The van der Waals surface area contributed by atoms with Crippen LogP contribution in [-0.2, 0) is 6.54 Å². The second-order valence-electron chi connectivity index (χ2n) is 3.31. The Hall–Kier alpha value is -2.59. The molecule has 0 saturated carbocycles. The maximum Gasteiger partial charge on any atom is 0.249 e. The lowest BCUT2D eigenvalue weighted by atomic mass is 10.2. The zero-order valence-corrected chi connectivity index (χ0v) is 8.54. The SMILES string of the molecule is N#CC[n+]1ccn(-c2ccc(C#N)cc2)c1. The molecule has 0 saturated heterocycles. The van der Waals surface area contributed by atoms with Crippen molar-refractivity contribution in [2.24, 2.45) is 0 Å². The van der Waals surface area contributed by atoms with Crippen LogP contribution in [0.15, 0.2) is 43.0 Å². The lowest BCUT2D eigenvalue weighted by molar-refractivity contribution is -0.684. The van der Waals surface area contributed by atoms with E-state index in [1.165, 1.54) is 0 Å². The molecule has 1 aromatic heterocycles. The number of nitrogens with zero attached hydrogens (tertiary/aromatic N) is 4. The van der Waals surface area contributed by atoms with Crippen molar-refractivity contribution in [1.29, 1.82) is 10.5 Å². The summed E-state index contributed by atoms with van der Waals surface area (Å²) >= 11 is 0. The second kappa shape index (κ2) is 4.29. The number of hydrogen-bond donors (Lipinski definition) is 0. The lowest BCUT2D eigenvalue weighted by Crippen LogP contribution is -2.29. The van der Waals surface area contributed by atoms with Gasteiger partial charge in [0.1, 0.15) is 24.2 Å². The van der Waals surface area contributed by atoms with Crippen molar-refractivity contribution >= 4 is 0 Å². The maximum absolute atomic E-state index is 8.68. The molecule has 1 aromatic carbocycles. The zero-order chi connectivity index (χ0) is 11.4. The molecule has 0 amide bonds. The smallest absolute Gasteiger partial charge is 0.223 e. The Kier molecular flexibility index (Phi) is 2.67. The molecule has 76 valence electrons. The van der Waals surface area contributed by atoms with Crippen LogP contribution in [-0.4, -0.2) is 4.57 Å². The maximum atomic E-state index is 8.68. The van der Waals surface area contributed by atoms with Crippen molar-refractivity contribution < 1.29 is 4.57 Å². The van der Waals surface area contributed by atoms with Crippen LogP contribution in [0.3, 0.4) is 0 Å². The fourth-order valence-corrected chi connectivity index (χ4v) is 1.43. The van der Waals surface area contributed by atoms with E-state index in [1.54, 1.807) is 16.7 Å². The predicted molar refractivity (Wildman–Crippen MR) is 56.3 cm³/mol. The molecule has 0 radical (unpaired) electrons. The Balaban J connectivity index is 2.29. The van der Waals surface area contributed by atoms with Crippen molar-refractivity contribution in [1.82, 2.24) is 4.57 Å². The van der Waals surface area contributed by atoms with Crippen LogP contribution in [0.4, 0.5) is 0 Å². The van der Waals surface area contributed by atoms with Crippen LogP contribution in [0.25, 0.3) is 5.69 Å². The molecule has 2 rings (SSSR count). The first-order valence-corrected chi connectivity index (χ1v) is 4.78. The molecule has 0 unspecified atom stereocenters. The normalized spacial score (nSPS) is 9.38. The van der Waals surface area contributed by atoms with Gasteiger partial charge in [0.15, 0.2) is 6.54 Å². The summed E-state index contributed by atoms with van der Waals surface area (Å²) in [6.07, 6.45) is 5.55. The van der Waals surface area contributed by atoms with Crippen molar-refractivity contribution in [3.05, 3.63) is 48.5 Å². The van der Waals surface area contributed by atoms with E-state index < -0.39 is 0 Å². The van der Waals surface area contributed by atoms with Crippen molar-refractivity contribution in [2.75, 3.05) is 0 Å². The van der Waals surface area contributed by atoms with Crippen LogP contribution in [0.5, 0.6) is 0 Å². The van der Waals surface area contributed by atoms with Gasteiger partial charge in [-0.05, 0) is 24.3 Å². The summed E-state index contributed by atoms with van der Waals surface area (Å²) in [5, 5.41) is 17.2. The minimum atomic E-state index is 0.337. The van der Waals surface area contributed by atoms with Gasteiger partial charge in [0.05, 0.1) is 11.6 Å². The molecular weight excluding hydrogens is 200 g/mol. The summed E-state index contributed by atoms with van der Waals surface area (Å²) in [5.74, 6) is 0. The highest BCUT2D eigenvalue weighted by Crippen LogP contribution is 2.07. The van der Waals surface area contributed by atoms with E-state index in [9.17, 15) is 0 Å². The molecule has 0 spiro atoms. The third-order valence-electron chi connectivity index (χ3n) is 2.24. The van der Waals surface area contributed by atoms with Gasteiger partial charge >= 0.3 is 0 Å². The van der Waals surface area contributed by atoms with Gasteiger partial charge in [-0.1, -0.05) is 0 Å². The first kappa shape index (κ1) is 9.95. The highest BCUT2D eigenvalue weighted by atomic mass is 15.1. The fourth-order valence-electron chi connectivity index (χ4n) is 1.43. The van der Waals surface area contributed by atoms with Crippen molar-refractivity contribution in [3.8, 4) is 17.8 Å². The van der Waals surface area contributed by atoms with Gasteiger partial charge in [-0.3, -0.25) is 0 Å². The average Bonchev–Trinajstić information content (AvgIpc) is 2.78. The van der Waals surface area contributed by atoms with Gasteiger partial charge in [0.2, 0.25) is 6.33 Å². The van der Waals surface area contributed by atoms with Crippen LogP contribution in [0.1, 0.15) is 5.56 Å². The molecule has 0 fully saturated rings. The molecule has 4 nitrogen and oxygen atoms in total. The van der Waals surface area contributed by atoms with Crippen molar-refractivity contribution in [3.63, 3.8) is 0 Å². The molecular formula is C12H9N4+. The number of benzene rings is 1. The highest BCUT2D eigenvalue weighted by Gasteiger charge is 2.05. The van der Waals surface area contributed by atoms with E-state index in [2.05, 4.69) is 12.1 Å². The minimum absolute atomic E-state index is 0.337. The third kappa shape index (κ3) is 1.92. The summed E-state index contributed by atoms with van der Waals surface area (Å²) in [6, 6.07) is 11.4. The monoisotopic (exact) mass is 209 g/mol. The Morgan fingerprint density at radius 1 is 1.19 bits per heavy atom. The molecule has 0 aliphatic carbocycles. The van der Waals surface area contributed by atoms with Crippen LogP contribution in [0.2, 0.25) is 0 Å². The van der Waals surface area contributed by atoms with E-state index in [0.29, 0.717) is 12.1 Å². The Bertz CT molecular complexity index is 566. The summed E-state index contributed by atoms with van der Waals surface area (Å²) < 4.78 is 3.69. The summed E-state index contributed by atoms with van der Waals surface area (Å²) in [4.78, 5) is 0. The van der Waals surface area contributed by atoms with E-state index in [0.717, 1.165) is 5.69 Å². The fraction of sp³-hybridized carbons (Fsp3) is 0.0833. The predicted octanol–water partition coefficient (Wildman–Crippen LogP) is 1.16. The Morgan fingerprint density at radius 3 is 2.56 bits per heavy atom. The summed E-state index contributed by atoms with van der Waals surface area (Å²) in [5.41, 5.74) is 1.61. The third-order valence-corrected chi connectivity index (χ3v) is 2.24. The second-order valence-corrected chi connectivity index (χ2v) is 3.31. The molecule has 0 bridgehead atoms. The highest BCUT2D eigenvalue weighted by molar-refractivity contribution is 5.38. The molecule has 16 heavy (non-hydrogen) atoms. The van der Waals surface area contributed by atoms with E-state index in [1.807, 2.05) is 35.4 Å². The quantitative estimate of drug-likeness (QED) is 0.697. The minimum Gasteiger partial charge on any atom is -0.223 e. The Morgan fingerprint density at radius 2 is 1.94 bits per heavy atom. The Labute approximate surface area is 93.2 Å². The van der Waals surface area contributed by atoms with E-state index in [4.69, 9.17) is 10.5 Å². The summed E-state index contributed by atoms with van der Waals surface area (Å²) in [7, 11) is 0. The molecule has 0 aliphatic heterocycles. The van der Waals surface area contributed by atoms with Gasteiger partial charge in [0.25, 0.3) is 0 Å². The molecule has 2 aromatic rings. The number of nitriles is 2. The topological polar surface area (TPSA) is 56.4 Å². The van der Waals surface area contributed by atoms with E-state index >= 15 is 0 Å². The lowest BCUT2D eigenvalue weighted by Gasteiger charge is -1.94. The van der Waals surface area contributed by atoms with Crippen LogP contribution in [0, 0.1) is 22.7 Å². The molecule has 1 heterocycles. The molecule has 0 N–H and O–H groups in total. The number of aromatic nitrogens is 2. The van der Waals surface area contributed by atoms with Crippen LogP contribution >= 0.6 is 0 Å². The zero-order valence-electron chi connectivity index (χ0n) is 8.54. The number of imidazole rings is 1. The average molecular weight is 209 g/mol. The van der Waals surface area contributed by atoms with E-state index in [-0.39, 0.29) is 0 Å². The standard InChI is InChI=1S/C12H9N4/c13-5-6-15-7-8-16(10-15)12-3-1-11(9-14)2-4-12/h1-4,7-8,10H,6H2/q+1. The van der Waals surface area contributed by atoms with Gasteiger partial charge in [-0.2, -0.15) is 10.5 Å². The number of hydrogen-bond acceptors (Lipinski definition) is 2. The molecule has 0 atom stereocenters. The van der Waals surface area contributed by atoms with Crippen molar-refractivity contribution in [2.45, 2.75) is 6.54 Å². The first-order chi connectivity index (χ1) is 7.83. The van der Waals surface area contributed by atoms with Gasteiger partial charge in [0, 0.05) is 0 Å². The molecule has 4 heteroatoms. The van der Waals surface area contributed by atoms with Gasteiger partial charge < -0.3 is 0 Å².